The summed E-state index contributed by atoms with van der Waals surface area (Å²) >= 11 is 1.26. The fourth-order valence-electron chi connectivity index (χ4n) is 6.82. The van der Waals surface area contributed by atoms with E-state index in [-0.39, 0.29) is 11.8 Å². The number of sulfonamides is 1. The predicted octanol–water partition coefficient (Wildman–Crippen LogP) is 3.48. The van der Waals surface area contributed by atoms with Gasteiger partial charge in [0.25, 0.3) is 10.0 Å². The molecule has 1 amide bonds. The van der Waals surface area contributed by atoms with Gasteiger partial charge in [-0.05, 0) is 86.0 Å². The van der Waals surface area contributed by atoms with Gasteiger partial charge in [-0.2, -0.15) is 4.31 Å². The highest BCUT2D eigenvalue weighted by molar-refractivity contribution is 7.91. The zero-order valence-electron chi connectivity index (χ0n) is 16.3. The zero-order chi connectivity index (χ0) is 19.4. The number of nitrogens with one attached hydrogen (secondary N) is 1. The largest absolute Gasteiger partial charge is 0.355 e. The Hall–Kier alpha value is -0.920. The molecule has 0 aromatic carbocycles. The van der Waals surface area contributed by atoms with Crippen LogP contribution < -0.4 is 5.32 Å². The van der Waals surface area contributed by atoms with Crippen LogP contribution in [0, 0.1) is 29.1 Å². The van der Waals surface area contributed by atoms with Gasteiger partial charge in [0.2, 0.25) is 5.91 Å². The second-order valence-electron chi connectivity index (χ2n) is 9.75. The van der Waals surface area contributed by atoms with E-state index in [1.807, 2.05) is 0 Å². The molecule has 0 atom stereocenters. The van der Waals surface area contributed by atoms with Crippen molar-refractivity contribution in [1.29, 1.82) is 0 Å². The maximum Gasteiger partial charge on any atom is 0.252 e. The second-order valence-corrected chi connectivity index (χ2v) is 12.9. The maximum absolute atomic E-state index is 12.8. The minimum absolute atomic E-state index is 0.0521. The molecule has 1 aromatic heterocycles. The Morgan fingerprint density at radius 2 is 1.71 bits per heavy atom. The van der Waals surface area contributed by atoms with Crippen LogP contribution >= 0.6 is 11.3 Å². The van der Waals surface area contributed by atoms with Crippen LogP contribution in [0.1, 0.15) is 51.4 Å². The van der Waals surface area contributed by atoms with Crippen LogP contribution in [0.2, 0.25) is 0 Å². The smallest absolute Gasteiger partial charge is 0.252 e. The van der Waals surface area contributed by atoms with E-state index < -0.39 is 10.0 Å². The minimum Gasteiger partial charge on any atom is -0.355 e. The summed E-state index contributed by atoms with van der Waals surface area (Å²) in [5.41, 5.74) is 0.355. The fourth-order valence-corrected chi connectivity index (χ4v) is 9.44. The summed E-state index contributed by atoms with van der Waals surface area (Å²) in [7, 11) is -3.39. The molecular formula is C21H30N2O3S2. The third kappa shape index (κ3) is 3.43. The summed E-state index contributed by atoms with van der Waals surface area (Å²) in [6, 6.07) is 3.42. The Morgan fingerprint density at radius 1 is 1.11 bits per heavy atom. The Balaban J connectivity index is 1.15. The van der Waals surface area contributed by atoms with Crippen LogP contribution in [-0.2, 0) is 14.8 Å². The first-order valence-electron chi connectivity index (χ1n) is 10.7. The van der Waals surface area contributed by atoms with Crippen LogP contribution in [0.5, 0.6) is 0 Å². The molecule has 5 nitrogen and oxygen atoms in total. The normalized spacial score (nSPS) is 35.9. The van der Waals surface area contributed by atoms with E-state index in [1.54, 1.807) is 21.8 Å². The standard InChI is InChI=1S/C21H30N2O3S2/c24-20(22-14-21-11-15-8-16(12-21)10-17(9-15)13-21)18-3-5-23(6-4-18)28(25,26)19-2-1-7-27-19/h1-2,7,15-18H,3-6,8-14H2,(H,22,24). The average molecular weight is 423 g/mol. The van der Waals surface area contributed by atoms with Crippen molar-refractivity contribution in [1.82, 2.24) is 9.62 Å². The topological polar surface area (TPSA) is 66.5 Å². The monoisotopic (exact) mass is 422 g/mol. The summed E-state index contributed by atoms with van der Waals surface area (Å²) in [6.45, 7) is 1.72. The number of piperidine rings is 1. The van der Waals surface area contributed by atoms with Crippen molar-refractivity contribution in [2.75, 3.05) is 19.6 Å². The summed E-state index contributed by atoms with van der Waals surface area (Å²) in [5, 5.41) is 5.07. The van der Waals surface area contributed by atoms with Gasteiger partial charge in [0.15, 0.2) is 0 Å². The maximum atomic E-state index is 12.8. The number of rotatable bonds is 5. The van der Waals surface area contributed by atoms with E-state index in [9.17, 15) is 13.2 Å². The lowest BCUT2D eigenvalue weighted by Gasteiger charge is -2.57. The van der Waals surface area contributed by atoms with Crippen LogP contribution in [0.4, 0.5) is 0 Å². The lowest BCUT2D eigenvalue weighted by Crippen LogP contribution is -2.52. The number of thiophene rings is 1. The molecule has 4 saturated carbocycles. The minimum atomic E-state index is -3.39. The summed E-state index contributed by atoms with van der Waals surface area (Å²) in [4.78, 5) is 12.8. The van der Waals surface area contributed by atoms with Gasteiger partial charge in [-0.1, -0.05) is 6.07 Å². The number of carbonyl (C=O) groups excluding carboxylic acids is 1. The lowest BCUT2D eigenvalue weighted by molar-refractivity contribution is -0.128. The molecule has 1 aliphatic heterocycles. The number of hydrogen-bond donors (Lipinski definition) is 1. The Bertz CT molecular complexity index is 791. The number of hydrogen-bond acceptors (Lipinski definition) is 4. The molecule has 1 N–H and O–H groups in total. The highest BCUT2D eigenvalue weighted by Gasteiger charge is 2.50. The highest BCUT2D eigenvalue weighted by atomic mass is 32.2. The van der Waals surface area contributed by atoms with E-state index in [2.05, 4.69) is 5.32 Å². The lowest BCUT2D eigenvalue weighted by atomic mass is 9.49. The van der Waals surface area contributed by atoms with Gasteiger partial charge in [-0.3, -0.25) is 4.79 Å². The number of nitrogens with zero attached hydrogens (tertiary/aromatic N) is 1. The number of amides is 1. The molecule has 0 radical (unpaired) electrons. The SMILES string of the molecule is O=C(NCC12CC3CC(CC(C3)C1)C2)C1CCN(S(=O)(=O)c2cccs2)CC1. The van der Waals surface area contributed by atoms with Gasteiger partial charge in [-0.15, -0.1) is 11.3 Å². The fraction of sp³-hybridized carbons (Fsp3) is 0.762. The molecule has 28 heavy (non-hydrogen) atoms. The van der Waals surface area contributed by atoms with Gasteiger partial charge in [0.05, 0.1) is 0 Å². The molecule has 5 aliphatic rings. The predicted molar refractivity (Wildman–Crippen MR) is 109 cm³/mol. The average Bonchev–Trinajstić information content (AvgIpc) is 3.21. The van der Waals surface area contributed by atoms with Crippen molar-refractivity contribution in [3.05, 3.63) is 17.5 Å². The van der Waals surface area contributed by atoms with Crippen LogP contribution in [0.15, 0.2) is 21.7 Å². The zero-order valence-corrected chi connectivity index (χ0v) is 17.9. The van der Waals surface area contributed by atoms with E-state index >= 15 is 0 Å². The molecule has 6 rings (SSSR count). The van der Waals surface area contributed by atoms with E-state index in [0.29, 0.717) is 35.6 Å². The van der Waals surface area contributed by atoms with Crippen molar-refractivity contribution < 1.29 is 13.2 Å². The van der Waals surface area contributed by atoms with Crippen molar-refractivity contribution in [2.24, 2.45) is 29.1 Å². The first-order valence-corrected chi connectivity index (χ1v) is 13.1. The third-order valence-corrected chi connectivity index (χ3v) is 11.0. The quantitative estimate of drug-likeness (QED) is 0.790. The summed E-state index contributed by atoms with van der Waals surface area (Å²) < 4.78 is 27.2. The molecule has 0 unspecified atom stereocenters. The molecule has 1 aromatic rings. The molecule has 2 heterocycles. The molecule has 4 aliphatic carbocycles. The number of carbonyl (C=O) groups is 1. The van der Waals surface area contributed by atoms with Gasteiger partial charge in [0.1, 0.15) is 4.21 Å². The van der Waals surface area contributed by atoms with Crippen molar-refractivity contribution >= 4 is 27.3 Å². The van der Waals surface area contributed by atoms with Gasteiger partial charge in [-0.25, -0.2) is 8.42 Å². The Morgan fingerprint density at radius 3 is 2.25 bits per heavy atom. The van der Waals surface area contributed by atoms with Gasteiger partial charge < -0.3 is 5.32 Å². The van der Waals surface area contributed by atoms with Gasteiger partial charge >= 0.3 is 0 Å². The van der Waals surface area contributed by atoms with E-state index in [1.165, 1.54) is 49.9 Å². The molecule has 1 saturated heterocycles. The Labute approximate surface area is 171 Å². The Kier molecular flexibility index (Phi) is 4.83. The van der Waals surface area contributed by atoms with Crippen LogP contribution in [0.3, 0.4) is 0 Å². The van der Waals surface area contributed by atoms with E-state index in [0.717, 1.165) is 24.3 Å². The third-order valence-electron chi connectivity index (χ3n) is 7.72. The summed E-state index contributed by atoms with van der Waals surface area (Å²) in [6.07, 6.45) is 9.41. The van der Waals surface area contributed by atoms with Gasteiger partial charge in [0, 0.05) is 25.6 Å². The van der Waals surface area contributed by atoms with Crippen molar-refractivity contribution in [3.8, 4) is 0 Å². The van der Waals surface area contributed by atoms with E-state index in [4.69, 9.17) is 0 Å². The highest BCUT2D eigenvalue weighted by Crippen LogP contribution is 2.59. The molecule has 5 fully saturated rings. The van der Waals surface area contributed by atoms with Crippen LogP contribution in [0.25, 0.3) is 0 Å². The molecular weight excluding hydrogens is 392 g/mol. The summed E-state index contributed by atoms with van der Waals surface area (Å²) in [5.74, 6) is 2.78. The van der Waals surface area contributed by atoms with Crippen molar-refractivity contribution in [2.45, 2.75) is 55.6 Å². The first kappa shape index (κ1) is 19.1. The first-order chi connectivity index (χ1) is 13.4. The molecule has 0 spiro atoms. The molecule has 7 heteroatoms. The van der Waals surface area contributed by atoms with Crippen molar-refractivity contribution in [3.63, 3.8) is 0 Å². The van der Waals surface area contributed by atoms with Crippen LogP contribution in [-0.4, -0.2) is 38.3 Å². The molecule has 154 valence electrons. The molecule has 4 bridgehead atoms. The second kappa shape index (κ2) is 7.10.